The number of aryl methyl sites for hydroxylation is 3. The molecule has 0 saturated carbocycles. The first kappa shape index (κ1) is 16.4. The Balaban J connectivity index is 1.68. The second-order valence-corrected chi connectivity index (χ2v) is 7.70. The monoisotopic (exact) mass is 338 g/mol. The van der Waals surface area contributed by atoms with Crippen LogP contribution in [0.25, 0.3) is 0 Å². The number of benzene rings is 1. The number of furan rings is 1. The number of nitrogens with one attached hydrogen (secondary N) is 2. The fourth-order valence-corrected chi connectivity index (χ4v) is 4.67. The van der Waals surface area contributed by atoms with E-state index in [4.69, 9.17) is 4.42 Å². The maximum Gasteiger partial charge on any atom is 0.252 e. The highest BCUT2D eigenvalue weighted by Crippen LogP contribution is 2.45. The molecule has 1 aromatic heterocycles. The van der Waals surface area contributed by atoms with Gasteiger partial charge in [0.25, 0.3) is 5.91 Å². The van der Waals surface area contributed by atoms with E-state index in [-0.39, 0.29) is 17.5 Å². The van der Waals surface area contributed by atoms with E-state index in [0.29, 0.717) is 6.04 Å². The molecule has 1 unspecified atom stereocenters. The predicted octanol–water partition coefficient (Wildman–Crippen LogP) is 3.96. The smallest absolute Gasteiger partial charge is 0.252 e. The van der Waals surface area contributed by atoms with Crippen molar-refractivity contribution in [2.24, 2.45) is 0 Å². The minimum atomic E-state index is -0.139. The molecule has 3 heterocycles. The van der Waals surface area contributed by atoms with E-state index in [0.717, 1.165) is 41.1 Å². The largest absolute Gasteiger partial charge is 0.464 e. The van der Waals surface area contributed by atoms with E-state index in [1.807, 2.05) is 51.1 Å². The van der Waals surface area contributed by atoms with Gasteiger partial charge in [-0.3, -0.25) is 4.79 Å². The summed E-state index contributed by atoms with van der Waals surface area (Å²) in [5.41, 5.74) is 2.71. The summed E-state index contributed by atoms with van der Waals surface area (Å²) >= 11 is 0. The zero-order valence-corrected chi connectivity index (χ0v) is 15.2. The van der Waals surface area contributed by atoms with E-state index in [1.165, 1.54) is 12.8 Å². The lowest BCUT2D eigenvalue weighted by Crippen LogP contribution is -2.50. The molecule has 4 nitrogen and oxygen atoms in total. The highest BCUT2D eigenvalue weighted by Gasteiger charge is 2.51. The third-order valence-electron chi connectivity index (χ3n) is 5.95. The summed E-state index contributed by atoms with van der Waals surface area (Å²) in [5.74, 6) is 1.72. The molecule has 25 heavy (non-hydrogen) atoms. The molecule has 2 fully saturated rings. The predicted molar refractivity (Wildman–Crippen MR) is 97.7 cm³/mol. The second kappa shape index (κ2) is 6.03. The Morgan fingerprint density at radius 2 is 1.84 bits per heavy atom. The fraction of sp³-hybridized carbons (Fsp3) is 0.476. The van der Waals surface area contributed by atoms with Crippen LogP contribution >= 0.6 is 0 Å². The third-order valence-corrected chi connectivity index (χ3v) is 5.95. The van der Waals surface area contributed by atoms with Crippen LogP contribution in [0.1, 0.15) is 64.7 Å². The Morgan fingerprint density at radius 3 is 2.36 bits per heavy atom. The molecule has 2 aliphatic heterocycles. The molecule has 2 N–H and O–H groups in total. The van der Waals surface area contributed by atoms with Crippen molar-refractivity contribution in [3.63, 3.8) is 0 Å². The van der Waals surface area contributed by atoms with Gasteiger partial charge < -0.3 is 15.1 Å². The van der Waals surface area contributed by atoms with Crippen LogP contribution in [0.2, 0.25) is 0 Å². The van der Waals surface area contributed by atoms with Crippen molar-refractivity contribution in [2.75, 3.05) is 0 Å². The van der Waals surface area contributed by atoms with E-state index >= 15 is 0 Å². The van der Waals surface area contributed by atoms with Crippen molar-refractivity contribution in [3.05, 3.63) is 58.5 Å². The summed E-state index contributed by atoms with van der Waals surface area (Å²) in [6.45, 7) is 5.93. The van der Waals surface area contributed by atoms with Gasteiger partial charge in [-0.2, -0.15) is 0 Å². The molecule has 1 aromatic carbocycles. The Morgan fingerprint density at radius 1 is 1.16 bits per heavy atom. The van der Waals surface area contributed by atoms with Gasteiger partial charge >= 0.3 is 0 Å². The number of hydrogen-bond donors (Lipinski definition) is 2. The Hall–Kier alpha value is -2.07. The Labute approximate surface area is 149 Å². The van der Waals surface area contributed by atoms with Gasteiger partial charge in [-0.25, -0.2) is 0 Å². The van der Waals surface area contributed by atoms with Gasteiger partial charge in [-0.15, -0.1) is 0 Å². The van der Waals surface area contributed by atoms with Gasteiger partial charge in [0.1, 0.15) is 17.6 Å². The van der Waals surface area contributed by atoms with Crippen molar-refractivity contribution in [3.8, 4) is 0 Å². The van der Waals surface area contributed by atoms with Crippen LogP contribution in [0.15, 0.2) is 34.7 Å². The molecule has 1 atom stereocenters. The van der Waals surface area contributed by atoms with Crippen LogP contribution in [-0.2, 0) is 0 Å². The Kier molecular flexibility index (Phi) is 3.95. The average Bonchev–Trinajstić information content (AvgIpc) is 3.28. The Bertz CT molecular complexity index is 780. The molecule has 0 spiro atoms. The van der Waals surface area contributed by atoms with Crippen LogP contribution in [0.5, 0.6) is 0 Å². The van der Waals surface area contributed by atoms with Crippen LogP contribution in [-0.4, -0.2) is 17.5 Å². The van der Waals surface area contributed by atoms with E-state index in [9.17, 15) is 4.79 Å². The topological polar surface area (TPSA) is 54.3 Å². The number of rotatable bonds is 4. The van der Waals surface area contributed by atoms with E-state index in [1.54, 1.807) is 0 Å². The van der Waals surface area contributed by atoms with Crippen LogP contribution < -0.4 is 10.6 Å². The first-order valence-electron chi connectivity index (χ1n) is 9.20. The van der Waals surface area contributed by atoms with Gasteiger partial charge in [0, 0.05) is 17.1 Å². The van der Waals surface area contributed by atoms with Crippen molar-refractivity contribution in [1.82, 2.24) is 10.6 Å². The summed E-state index contributed by atoms with van der Waals surface area (Å²) in [6.07, 6.45) is 4.51. The first-order chi connectivity index (χ1) is 12.0. The molecule has 1 amide bonds. The second-order valence-electron chi connectivity index (χ2n) is 7.70. The van der Waals surface area contributed by atoms with Crippen molar-refractivity contribution in [2.45, 2.75) is 64.1 Å². The van der Waals surface area contributed by atoms with Gasteiger partial charge in [0.2, 0.25) is 0 Å². The van der Waals surface area contributed by atoms with Crippen molar-refractivity contribution < 1.29 is 9.21 Å². The highest BCUT2D eigenvalue weighted by molar-refractivity contribution is 5.97. The standard InChI is InChI=1S/C21H26N2O2/c1-13-5-4-6-14(2)18(13)20(24)22-19(17-8-7-15(3)25-17)21-11-9-16(23-21)10-12-21/h4-8,16,19,23H,9-12H2,1-3H3,(H,22,24). The number of amides is 1. The summed E-state index contributed by atoms with van der Waals surface area (Å²) in [6, 6.07) is 10.4. The maximum atomic E-state index is 13.1. The summed E-state index contributed by atoms with van der Waals surface area (Å²) in [4.78, 5) is 13.1. The maximum absolute atomic E-state index is 13.1. The first-order valence-corrected chi connectivity index (χ1v) is 9.20. The third kappa shape index (κ3) is 2.78. The number of fused-ring (bicyclic) bond motifs is 2. The SMILES string of the molecule is Cc1ccc(C(NC(=O)c2c(C)cccc2C)C23CCC(CC2)N3)o1. The molecule has 4 rings (SSSR count). The summed E-state index contributed by atoms with van der Waals surface area (Å²) < 4.78 is 5.95. The lowest BCUT2D eigenvalue weighted by Gasteiger charge is -2.35. The highest BCUT2D eigenvalue weighted by atomic mass is 16.3. The summed E-state index contributed by atoms with van der Waals surface area (Å²) in [7, 11) is 0. The van der Waals surface area contributed by atoms with Gasteiger partial charge in [-0.05, 0) is 69.7 Å². The van der Waals surface area contributed by atoms with Crippen molar-refractivity contribution in [1.29, 1.82) is 0 Å². The molecule has 2 aromatic rings. The van der Waals surface area contributed by atoms with Gasteiger partial charge in [0.15, 0.2) is 0 Å². The average molecular weight is 338 g/mol. The normalized spacial score (nSPS) is 26.0. The van der Waals surface area contributed by atoms with Gasteiger partial charge in [-0.1, -0.05) is 18.2 Å². The number of carbonyl (C=O) groups is 1. The lowest BCUT2D eigenvalue weighted by atomic mass is 9.80. The molecular weight excluding hydrogens is 312 g/mol. The lowest BCUT2D eigenvalue weighted by molar-refractivity contribution is 0.0894. The zero-order chi connectivity index (χ0) is 17.6. The van der Waals surface area contributed by atoms with Crippen molar-refractivity contribution >= 4 is 5.91 Å². The molecule has 0 radical (unpaired) electrons. The van der Waals surface area contributed by atoms with Crippen LogP contribution in [0.3, 0.4) is 0 Å². The molecule has 2 aliphatic rings. The minimum Gasteiger partial charge on any atom is -0.464 e. The number of carbonyl (C=O) groups excluding carboxylic acids is 1. The van der Waals surface area contributed by atoms with E-state index in [2.05, 4.69) is 10.6 Å². The molecular formula is C21H26N2O2. The number of hydrogen-bond acceptors (Lipinski definition) is 3. The van der Waals surface area contributed by atoms with Gasteiger partial charge in [0.05, 0.1) is 0 Å². The fourth-order valence-electron chi connectivity index (χ4n) is 4.67. The molecule has 2 bridgehead atoms. The quantitative estimate of drug-likeness (QED) is 0.887. The molecule has 4 heteroatoms. The molecule has 2 saturated heterocycles. The molecule has 132 valence electrons. The minimum absolute atomic E-state index is 0.0128. The van der Waals surface area contributed by atoms with Crippen LogP contribution in [0.4, 0.5) is 0 Å². The molecule has 0 aliphatic carbocycles. The zero-order valence-electron chi connectivity index (χ0n) is 15.2. The summed E-state index contributed by atoms with van der Waals surface area (Å²) in [5, 5.41) is 7.07. The van der Waals surface area contributed by atoms with E-state index < -0.39 is 0 Å². The van der Waals surface area contributed by atoms with Crippen LogP contribution in [0, 0.1) is 20.8 Å².